The highest BCUT2D eigenvalue weighted by molar-refractivity contribution is 5.07. The molecule has 4 aliphatic carbocycles. The number of rotatable bonds is 5. The van der Waals surface area contributed by atoms with Crippen molar-refractivity contribution in [2.45, 2.75) is 112 Å². The third-order valence-corrected chi connectivity index (χ3v) is 10.6. The molecule has 0 heteroatoms. The van der Waals surface area contributed by atoms with Crippen LogP contribution in [0, 0.1) is 58.7 Å². The molecule has 4 aliphatic rings. The van der Waals surface area contributed by atoms with Crippen molar-refractivity contribution < 1.29 is 0 Å². The van der Waals surface area contributed by atoms with Gasteiger partial charge in [0, 0.05) is 0 Å². The second-order valence-electron chi connectivity index (χ2n) is 12.3. The van der Waals surface area contributed by atoms with Crippen LogP contribution in [0.5, 0.6) is 0 Å². The van der Waals surface area contributed by atoms with Gasteiger partial charge in [0.15, 0.2) is 0 Å². The monoisotopic (exact) mass is 372 g/mol. The standard InChI is InChI=1S/C27H48/c1-18(2)9-8-10-19(3)22-14-15-23-24-13-12-21-11-6-7-16-27(21,5)26(24)17-25(23)20(22)4/h18-26H,6-17H2,1-5H3/t19-,20-,21+,22+,23-,24+,25-,26-,27?/m0/s1. The molecule has 156 valence electrons. The zero-order valence-corrected chi connectivity index (χ0v) is 19.2. The van der Waals surface area contributed by atoms with E-state index in [0.717, 1.165) is 58.7 Å². The largest absolute Gasteiger partial charge is 0.0628 e. The van der Waals surface area contributed by atoms with Crippen molar-refractivity contribution in [2.75, 3.05) is 0 Å². The van der Waals surface area contributed by atoms with Gasteiger partial charge in [0.25, 0.3) is 0 Å². The Morgan fingerprint density at radius 3 is 2.41 bits per heavy atom. The van der Waals surface area contributed by atoms with Crippen molar-refractivity contribution in [1.82, 2.24) is 0 Å². The number of hydrogen-bond acceptors (Lipinski definition) is 0. The molecule has 0 aliphatic heterocycles. The fraction of sp³-hybridized carbons (Fsp3) is 1.00. The first-order valence-corrected chi connectivity index (χ1v) is 12.9. The summed E-state index contributed by atoms with van der Waals surface area (Å²) in [5, 5.41) is 0. The lowest BCUT2D eigenvalue weighted by Gasteiger charge is -2.53. The highest BCUT2D eigenvalue weighted by Crippen LogP contribution is 2.66. The van der Waals surface area contributed by atoms with Crippen LogP contribution < -0.4 is 0 Å². The first-order valence-electron chi connectivity index (χ1n) is 12.9. The molecule has 0 spiro atoms. The molecule has 4 fully saturated rings. The van der Waals surface area contributed by atoms with Crippen LogP contribution in [0.25, 0.3) is 0 Å². The van der Waals surface area contributed by atoms with Gasteiger partial charge in [0.05, 0.1) is 0 Å². The Labute approximate surface area is 170 Å². The zero-order valence-electron chi connectivity index (χ0n) is 19.2. The van der Waals surface area contributed by atoms with E-state index in [1.165, 1.54) is 32.1 Å². The second kappa shape index (κ2) is 8.02. The Bertz CT molecular complexity index is 492. The van der Waals surface area contributed by atoms with Crippen LogP contribution in [0.4, 0.5) is 0 Å². The molecule has 0 N–H and O–H groups in total. The van der Waals surface area contributed by atoms with E-state index in [1.807, 2.05) is 0 Å². The molecule has 0 aromatic heterocycles. The number of fused-ring (bicyclic) bond motifs is 5. The average molecular weight is 373 g/mol. The quantitative estimate of drug-likeness (QED) is 0.455. The Morgan fingerprint density at radius 1 is 0.852 bits per heavy atom. The van der Waals surface area contributed by atoms with Crippen LogP contribution in [-0.4, -0.2) is 0 Å². The molecule has 9 atom stereocenters. The van der Waals surface area contributed by atoms with Crippen LogP contribution >= 0.6 is 0 Å². The van der Waals surface area contributed by atoms with Gasteiger partial charge in [-0.1, -0.05) is 66.7 Å². The van der Waals surface area contributed by atoms with Gasteiger partial charge in [-0.25, -0.2) is 0 Å². The van der Waals surface area contributed by atoms with Gasteiger partial charge in [0.2, 0.25) is 0 Å². The van der Waals surface area contributed by atoms with Gasteiger partial charge in [-0.3, -0.25) is 0 Å². The van der Waals surface area contributed by atoms with Crippen LogP contribution in [0.1, 0.15) is 112 Å². The molecule has 4 saturated carbocycles. The second-order valence-corrected chi connectivity index (χ2v) is 12.3. The summed E-state index contributed by atoms with van der Waals surface area (Å²) in [7, 11) is 0. The van der Waals surface area contributed by atoms with Gasteiger partial charge in [0.1, 0.15) is 0 Å². The smallest absolute Gasteiger partial charge is 0.0266 e. The normalized spacial score (nSPS) is 48.0. The maximum Gasteiger partial charge on any atom is -0.0266 e. The Hall–Kier alpha value is 0. The fourth-order valence-corrected chi connectivity index (χ4v) is 9.08. The summed E-state index contributed by atoms with van der Waals surface area (Å²) in [6, 6.07) is 0. The highest BCUT2D eigenvalue weighted by atomic mass is 14.6. The minimum atomic E-state index is 0.719. The Kier molecular flexibility index (Phi) is 6.03. The highest BCUT2D eigenvalue weighted by Gasteiger charge is 2.58. The SMILES string of the molecule is CC(C)CCC[C@H](C)[C@H]1CC[C@H]2[C@H]3CC[C@H]4CCCCC4(C)[C@H]3C[C@H]2[C@H]1C. The summed E-state index contributed by atoms with van der Waals surface area (Å²) in [5.41, 5.74) is 0.719. The van der Waals surface area contributed by atoms with Crippen LogP contribution in [0.15, 0.2) is 0 Å². The minimum Gasteiger partial charge on any atom is -0.0628 e. The lowest BCUT2D eigenvalue weighted by atomic mass is 9.52. The minimum absolute atomic E-state index is 0.719. The summed E-state index contributed by atoms with van der Waals surface area (Å²) in [5.74, 6) is 9.30. The molecule has 0 nitrogen and oxygen atoms in total. The van der Waals surface area contributed by atoms with Crippen molar-refractivity contribution >= 4 is 0 Å². The van der Waals surface area contributed by atoms with Crippen LogP contribution in [0.3, 0.4) is 0 Å². The Balaban J connectivity index is 1.43. The van der Waals surface area contributed by atoms with E-state index >= 15 is 0 Å². The molecule has 0 amide bonds. The maximum atomic E-state index is 2.74. The first kappa shape index (κ1) is 20.3. The van der Waals surface area contributed by atoms with E-state index in [4.69, 9.17) is 0 Å². The molecular formula is C27H48. The molecule has 0 saturated heterocycles. The number of hydrogen-bond donors (Lipinski definition) is 0. The average Bonchev–Trinajstić information content (AvgIpc) is 3.02. The molecule has 0 heterocycles. The summed E-state index contributed by atoms with van der Waals surface area (Å²) in [4.78, 5) is 0. The topological polar surface area (TPSA) is 0 Å². The third-order valence-electron chi connectivity index (χ3n) is 10.6. The van der Waals surface area contributed by atoms with E-state index < -0.39 is 0 Å². The molecule has 27 heavy (non-hydrogen) atoms. The lowest BCUT2D eigenvalue weighted by Crippen LogP contribution is -2.44. The van der Waals surface area contributed by atoms with Crippen molar-refractivity contribution in [1.29, 1.82) is 0 Å². The van der Waals surface area contributed by atoms with Gasteiger partial charge >= 0.3 is 0 Å². The zero-order chi connectivity index (χ0) is 19.2. The molecule has 0 radical (unpaired) electrons. The van der Waals surface area contributed by atoms with Gasteiger partial charge in [-0.15, -0.1) is 0 Å². The molecular weight excluding hydrogens is 324 g/mol. The molecule has 1 unspecified atom stereocenters. The van der Waals surface area contributed by atoms with Crippen LogP contribution in [-0.2, 0) is 0 Å². The summed E-state index contributed by atoms with van der Waals surface area (Å²) in [6.45, 7) is 12.8. The Morgan fingerprint density at radius 2 is 1.63 bits per heavy atom. The molecule has 0 aromatic carbocycles. The van der Waals surface area contributed by atoms with E-state index in [2.05, 4.69) is 34.6 Å². The summed E-state index contributed by atoms with van der Waals surface area (Å²) in [6.07, 6.45) is 18.4. The maximum absolute atomic E-state index is 2.74. The molecule has 4 rings (SSSR count). The van der Waals surface area contributed by atoms with Gasteiger partial charge in [-0.2, -0.15) is 0 Å². The van der Waals surface area contributed by atoms with Crippen LogP contribution in [0.2, 0.25) is 0 Å². The lowest BCUT2D eigenvalue weighted by molar-refractivity contribution is -0.0313. The molecule has 0 aromatic rings. The van der Waals surface area contributed by atoms with E-state index in [-0.39, 0.29) is 0 Å². The van der Waals surface area contributed by atoms with Gasteiger partial charge in [-0.05, 0) is 104 Å². The molecule has 0 bridgehead atoms. The van der Waals surface area contributed by atoms with E-state index in [1.54, 1.807) is 44.9 Å². The summed E-state index contributed by atoms with van der Waals surface area (Å²) < 4.78 is 0. The van der Waals surface area contributed by atoms with Crippen molar-refractivity contribution in [3.05, 3.63) is 0 Å². The first-order chi connectivity index (χ1) is 12.9. The predicted molar refractivity (Wildman–Crippen MR) is 118 cm³/mol. The van der Waals surface area contributed by atoms with Crippen molar-refractivity contribution in [3.63, 3.8) is 0 Å². The van der Waals surface area contributed by atoms with Crippen molar-refractivity contribution in [3.8, 4) is 0 Å². The van der Waals surface area contributed by atoms with E-state index in [9.17, 15) is 0 Å². The van der Waals surface area contributed by atoms with Gasteiger partial charge < -0.3 is 0 Å². The fourth-order valence-electron chi connectivity index (χ4n) is 9.08. The third kappa shape index (κ3) is 3.66. The summed E-state index contributed by atoms with van der Waals surface area (Å²) >= 11 is 0. The van der Waals surface area contributed by atoms with E-state index in [0.29, 0.717) is 0 Å². The predicted octanol–water partition coefficient (Wildman–Crippen LogP) is 8.35. The van der Waals surface area contributed by atoms with Crippen molar-refractivity contribution in [2.24, 2.45) is 58.7 Å².